The van der Waals surface area contributed by atoms with Crippen LogP contribution in [0, 0.1) is 0 Å². The monoisotopic (exact) mass is 168 g/mol. The summed E-state index contributed by atoms with van der Waals surface area (Å²) in [6.45, 7) is 7.58. The summed E-state index contributed by atoms with van der Waals surface area (Å²) >= 11 is 0. The van der Waals surface area contributed by atoms with Crippen molar-refractivity contribution in [3.8, 4) is 0 Å². The Morgan fingerprint density at radius 3 is 2.83 bits per heavy atom. The second-order valence-corrected chi connectivity index (χ2v) is 3.09. The zero-order valence-electron chi connectivity index (χ0n) is 7.95. The Kier molecular flexibility index (Phi) is 3.29. The first-order valence-corrected chi connectivity index (χ1v) is 4.34. The smallest absolute Gasteiger partial charge is 0.139 e. The van der Waals surface area contributed by atoms with Crippen molar-refractivity contribution in [1.82, 2.24) is 9.78 Å². The number of nitrogens with zero attached hydrogens (tertiary/aromatic N) is 2. The Morgan fingerprint density at radius 2 is 2.33 bits per heavy atom. The van der Waals surface area contributed by atoms with E-state index in [-0.39, 0.29) is 0 Å². The molecule has 1 heterocycles. The van der Waals surface area contributed by atoms with Crippen LogP contribution in [-0.4, -0.2) is 16.4 Å². The first-order valence-electron chi connectivity index (χ1n) is 4.34. The van der Waals surface area contributed by atoms with Crippen LogP contribution in [-0.2, 0) is 11.5 Å². The highest BCUT2D eigenvalue weighted by Gasteiger charge is 2.01. The summed E-state index contributed by atoms with van der Waals surface area (Å²) in [5.74, 6) is 0.542. The number of aromatic nitrogens is 2. The highest BCUT2D eigenvalue weighted by molar-refractivity contribution is 5.08. The van der Waals surface area contributed by atoms with Gasteiger partial charge in [-0.25, -0.2) is 4.68 Å². The lowest BCUT2D eigenvalue weighted by Gasteiger charge is -2.00. The van der Waals surface area contributed by atoms with Crippen molar-refractivity contribution in [2.75, 3.05) is 6.61 Å². The Morgan fingerprint density at radius 1 is 1.58 bits per heavy atom. The maximum absolute atomic E-state index is 5.21. The molecule has 68 valence electrons. The van der Waals surface area contributed by atoms with Gasteiger partial charge in [0, 0.05) is 12.8 Å². The van der Waals surface area contributed by atoms with Gasteiger partial charge in [-0.05, 0) is 18.4 Å². The molecule has 1 aromatic rings. The van der Waals surface area contributed by atoms with E-state index in [2.05, 4.69) is 18.9 Å². The molecule has 0 unspecified atom stereocenters. The minimum Gasteiger partial charge on any atom is -0.360 e. The van der Waals surface area contributed by atoms with Crippen molar-refractivity contribution in [3.05, 3.63) is 18.0 Å². The molecule has 0 saturated carbocycles. The van der Waals surface area contributed by atoms with Gasteiger partial charge >= 0.3 is 0 Å². The van der Waals surface area contributed by atoms with E-state index in [0.717, 1.165) is 6.61 Å². The third kappa shape index (κ3) is 2.34. The average Bonchev–Trinajstić information content (AvgIpc) is 2.48. The number of hydrogen-bond donors (Lipinski definition) is 0. The maximum atomic E-state index is 5.21. The van der Waals surface area contributed by atoms with Crippen LogP contribution in [0.1, 0.15) is 32.3 Å². The molecule has 0 amide bonds. The summed E-state index contributed by atoms with van der Waals surface area (Å²) in [6, 6.07) is 0. The Labute approximate surface area is 73.3 Å². The normalized spacial score (nSPS) is 11.0. The van der Waals surface area contributed by atoms with Crippen molar-refractivity contribution < 1.29 is 4.74 Å². The van der Waals surface area contributed by atoms with Crippen molar-refractivity contribution in [3.63, 3.8) is 0 Å². The van der Waals surface area contributed by atoms with Crippen LogP contribution in [0.15, 0.2) is 12.4 Å². The third-order valence-electron chi connectivity index (χ3n) is 1.75. The van der Waals surface area contributed by atoms with E-state index in [4.69, 9.17) is 4.74 Å². The summed E-state index contributed by atoms with van der Waals surface area (Å²) in [4.78, 5) is 0. The summed E-state index contributed by atoms with van der Waals surface area (Å²) in [5.41, 5.74) is 1.26. The van der Waals surface area contributed by atoms with Crippen LogP contribution in [0.3, 0.4) is 0 Å². The van der Waals surface area contributed by atoms with Gasteiger partial charge in [0.25, 0.3) is 0 Å². The predicted molar refractivity (Wildman–Crippen MR) is 47.9 cm³/mol. The zero-order chi connectivity index (χ0) is 8.97. The predicted octanol–water partition coefficient (Wildman–Crippen LogP) is 2.00. The van der Waals surface area contributed by atoms with Crippen LogP contribution >= 0.6 is 0 Å². The third-order valence-corrected chi connectivity index (χ3v) is 1.75. The molecule has 3 nitrogen and oxygen atoms in total. The molecule has 0 aliphatic rings. The Hall–Kier alpha value is -0.830. The minimum atomic E-state index is 0.542. The lowest BCUT2D eigenvalue weighted by atomic mass is 10.1. The van der Waals surface area contributed by atoms with E-state index < -0.39 is 0 Å². The first kappa shape index (κ1) is 9.26. The van der Waals surface area contributed by atoms with Gasteiger partial charge in [0.15, 0.2) is 0 Å². The molecule has 1 rings (SSSR count). The van der Waals surface area contributed by atoms with Crippen LogP contribution in [0.5, 0.6) is 0 Å². The van der Waals surface area contributed by atoms with Crippen molar-refractivity contribution in [2.24, 2.45) is 0 Å². The van der Waals surface area contributed by atoms with Crippen LogP contribution in [0.2, 0.25) is 0 Å². The van der Waals surface area contributed by atoms with E-state index in [9.17, 15) is 0 Å². The molecule has 0 bridgehead atoms. The highest BCUT2D eigenvalue weighted by atomic mass is 16.5. The fourth-order valence-electron chi connectivity index (χ4n) is 0.933. The second-order valence-electron chi connectivity index (χ2n) is 3.09. The number of ether oxygens (including phenoxy) is 1. The maximum Gasteiger partial charge on any atom is 0.139 e. The van der Waals surface area contributed by atoms with Crippen LogP contribution in [0.4, 0.5) is 0 Å². The van der Waals surface area contributed by atoms with Gasteiger partial charge < -0.3 is 4.74 Å². The van der Waals surface area contributed by atoms with E-state index >= 15 is 0 Å². The highest BCUT2D eigenvalue weighted by Crippen LogP contribution is 2.11. The largest absolute Gasteiger partial charge is 0.360 e. The molecule has 3 heteroatoms. The van der Waals surface area contributed by atoms with Gasteiger partial charge in [-0.2, -0.15) is 5.10 Å². The molecule has 0 N–H and O–H groups in total. The molecular weight excluding hydrogens is 152 g/mol. The standard InChI is InChI=1S/C9H16N2O/c1-4-12-7-11-6-9(5-10-11)8(2)3/h5-6,8H,4,7H2,1-3H3. The van der Waals surface area contributed by atoms with Gasteiger partial charge in [-0.3, -0.25) is 0 Å². The molecule has 0 fully saturated rings. The summed E-state index contributed by atoms with van der Waals surface area (Å²) in [6.07, 6.45) is 3.92. The molecule has 0 spiro atoms. The van der Waals surface area contributed by atoms with Crippen molar-refractivity contribution >= 4 is 0 Å². The molecule has 0 aromatic carbocycles. The van der Waals surface area contributed by atoms with Gasteiger partial charge in [-0.1, -0.05) is 13.8 Å². The molecule has 12 heavy (non-hydrogen) atoms. The van der Waals surface area contributed by atoms with Gasteiger partial charge in [0.1, 0.15) is 6.73 Å². The van der Waals surface area contributed by atoms with Gasteiger partial charge in [0.05, 0.1) is 6.20 Å². The Balaban J connectivity index is 2.52. The minimum absolute atomic E-state index is 0.542. The molecule has 0 aliphatic carbocycles. The lowest BCUT2D eigenvalue weighted by Crippen LogP contribution is -2.02. The van der Waals surface area contributed by atoms with Crippen LogP contribution < -0.4 is 0 Å². The van der Waals surface area contributed by atoms with E-state index in [0.29, 0.717) is 12.6 Å². The van der Waals surface area contributed by atoms with Gasteiger partial charge in [0.2, 0.25) is 0 Å². The van der Waals surface area contributed by atoms with E-state index in [1.54, 1.807) is 0 Å². The molecule has 0 aliphatic heterocycles. The average molecular weight is 168 g/mol. The molecule has 0 saturated heterocycles. The fourth-order valence-corrected chi connectivity index (χ4v) is 0.933. The zero-order valence-corrected chi connectivity index (χ0v) is 7.95. The summed E-state index contributed by atoms with van der Waals surface area (Å²) < 4.78 is 7.03. The van der Waals surface area contributed by atoms with Crippen molar-refractivity contribution in [1.29, 1.82) is 0 Å². The molecule has 1 aromatic heterocycles. The topological polar surface area (TPSA) is 27.1 Å². The van der Waals surface area contributed by atoms with E-state index in [1.807, 2.05) is 24.0 Å². The lowest BCUT2D eigenvalue weighted by molar-refractivity contribution is 0.0791. The Bertz CT molecular complexity index is 230. The van der Waals surface area contributed by atoms with Crippen molar-refractivity contribution in [2.45, 2.75) is 33.4 Å². The molecule has 0 atom stereocenters. The number of hydrogen-bond acceptors (Lipinski definition) is 2. The summed E-state index contributed by atoms with van der Waals surface area (Å²) in [7, 11) is 0. The number of rotatable bonds is 4. The second kappa shape index (κ2) is 4.26. The fraction of sp³-hybridized carbons (Fsp3) is 0.667. The molecular formula is C9H16N2O. The van der Waals surface area contributed by atoms with E-state index in [1.165, 1.54) is 5.56 Å². The molecule has 0 radical (unpaired) electrons. The SMILES string of the molecule is CCOCn1cc(C(C)C)cn1. The van der Waals surface area contributed by atoms with Crippen LogP contribution in [0.25, 0.3) is 0 Å². The first-order chi connectivity index (χ1) is 5.74. The quantitative estimate of drug-likeness (QED) is 0.687. The summed E-state index contributed by atoms with van der Waals surface area (Å²) in [5, 5.41) is 4.17. The van der Waals surface area contributed by atoms with Gasteiger partial charge in [-0.15, -0.1) is 0 Å².